The molecule has 0 amide bonds. The molecule has 128 valence electrons. The lowest BCUT2D eigenvalue weighted by Crippen LogP contribution is -2.31. The van der Waals surface area contributed by atoms with Crippen molar-refractivity contribution in [1.29, 1.82) is 0 Å². The van der Waals surface area contributed by atoms with Crippen LogP contribution in [0.15, 0.2) is 48.5 Å². The number of hydrogen-bond donors (Lipinski definition) is 2. The van der Waals surface area contributed by atoms with Crippen LogP contribution in [0.25, 0.3) is 0 Å². The summed E-state index contributed by atoms with van der Waals surface area (Å²) in [7, 11) is 0. The normalized spacial score (nSPS) is 20.6. The minimum absolute atomic E-state index is 0.0503. The van der Waals surface area contributed by atoms with Gasteiger partial charge < -0.3 is 19.7 Å². The van der Waals surface area contributed by atoms with Crippen LogP contribution < -0.4 is 9.47 Å². The predicted octanol–water partition coefficient (Wildman–Crippen LogP) is 3.44. The topological polar surface area (TPSA) is 58.9 Å². The standard InChI is InChI=1S/C20H24O4/c21-13-15-4-8-17(9-5-15)23-19-2-1-3-20(12-19)24-18-10-6-16(14-22)7-11-18/h4-11,19-22H,1-3,12-14H2. The molecule has 0 aromatic heterocycles. The molecule has 3 rings (SSSR count). The Balaban J connectivity index is 1.54. The summed E-state index contributed by atoms with van der Waals surface area (Å²) in [4.78, 5) is 0. The molecular formula is C20H24O4. The number of aliphatic hydroxyl groups is 2. The summed E-state index contributed by atoms with van der Waals surface area (Å²) >= 11 is 0. The summed E-state index contributed by atoms with van der Waals surface area (Å²) < 4.78 is 12.1. The lowest BCUT2D eigenvalue weighted by Gasteiger charge is -2.30. The summed E-state index contributed by atoms with van der Waals surface area (Å²) in [6.07, 6.45) is 4.32. The SMILES string of the molecule is OCc1ccc(OC2CCCC(Oc3ccc(CO)cc3)C2)cc1. The first-order valence-corrected chi connectivity index (χ1v) is 8.49. The zero-order chi connectivity index (χ0) is 16.8. The molecule has 0 heterocycles. The second-order valence-electron chi connectivity index (χ2n) is 6.25. The van der Waals surface area contributed by atoms with Crippen LogP contribution in [0.3, 0.4) is 0 Å². The van der Waals surface area contributed by atoms with Crippen molar-refractivity contribution in [3.05, 3.63) is 59.7 Å². The van der Waals surface area contributed by atoms with E-state index < -0.39 is 0 Å². The zero-order valence-electron chi connectivity index (χ0n) is 13.7. The fourth-order valence-electron chi connectivity index (χ4n) is 3.05. The Morgan fingerprint density at radius 2 is 1.12 bits per heavy atom. The van der Waals surface area contributed by atoms with E-state index in [0.717, 1.165) is 48.3 Å². The van der Waals surface area contributed by atoms with Gasteiger partial charge in [0.15, 0.2) is 0 Å². The molecule has 2 aromatic carbocycles. The smallest absolute Gasteiger partial charge is 0.119 e. The lowest BCUT2D eigenvalue weighted by atomic mass is 9.94. The molecule has 24 heavy (non-hydrogen) atoms. The molecule has 2 atom stereocenters. The van der Waals surface area contributed by atoms with Gasteiger partial charge in [0.05, 0.1) is 13.2 Å². The molecule has 0 saturated heterocycles. The molecule has 4 nitrogen and oxygen atoms in total. The van der Waals surface area contributed by atoms with Crippen LogP contribution in [0.4, 0.5) is 0 Å². The second kappa shape index (κ2) is 8.18. The van der Waals surface area contributed by atoms with Crippen molar-refractivity contribution >= 4 is 0 Å². The van der Waals surface area contributed by atoms with E-state index in [-0.39, 0.29) is 25.4 Å². The van der Waals surface area contributed by atoms with E-state index in [9.17, 15) is 0 Å². The quantitative estimate of drug-likeness (QED) is 0.853. The van der Waals surface area contributed by atoms with Crippen molar-refractivity contribution in [2.45, 2.75) is 51.1 Å². The van der Waals surface area contributed by atoms with Gasteiger partial charge in [0.25, 0.3) is 0 Å². The highest BCUT2D eigenvalue weighted by atomic mass is 16.5. The molecule has 4 heteroatoms. The maximum Gasteiger partial charge on any atom is 0.119 e. The van der Waals surface area contributed by atoms with Crippen molar-refractivity contribution in [1.82, 2.24) is 0 Å². The molecule has 1 fully saturated rings. The van der Waals surface area contributed by atoms with E-state index in [4.69, 9.17) is 19.7 Å². The van der Waals surface area contributed by atoms with E-state index in [2.05, 4.69) is 0 Å². The highest BCUT2D eigenvalue weighted by Crippen LogP contribution is 2.27. The van der Waals surface area contributed by atoms with Gasteiger partial charge in [-0.3, -0.25) is 0 Å². The molecule has 0 aliphatic heterocycles. The van der Waals surface area contributed by atoms with E-state index in [1.807, 2.05) is 48.5 Å². The number of ether oxygens (including phenoxy) is 2. The summed E-state index contributed by atoms with van der Waals surface area (Å²) in [5.74, 6) is 1.68. The fourth-order valence-corrected chi connectivity index (χ4v) is 3.05. The van der Waals surface area contributed by atoms with E-state index in [0.29, 0.717) is 0 Å². The fraction of sp³-hybridized carbons (Fsp3) is 0.400. The van der Waals surface area contributed by atoms with E-state index in [1.54, 1.807) is 0 Å². The average Bonchev–Trinajstić information content (AvgIpc) is 2.63. The van der Waals surface area contributed by atoms with Gasteiger partial charge in [0.1, 0.15) is 23.7 Å². The van der Waals surface area contributed by atoms with E-state index in [1.165, 1.54) is 0 Å². The van der Waals surface area contributed by atoms with Crippen molar-refractivity contribution in [3.63, 3.8) is 0 Å². The summed E-state index contributed by atoms with van der Waals surface area (Å²) in [5.41, 5.74) is 1.78. The molecular weight excluding hydrogens is 304 g/mol. The number of benzene rings is 2. The Morgan fingerprint density at radius 3 is 1.50 bits per heavy atom. The van der Waals surface area contributed by atoms with Crippen LogP contribution in [0.2, 0.25) is 0 Å². The van der Waals surface area contributed by atoms with Crippen LogP contribution in [-0.4, -0.2) is 22.4 Å². The first-order chi connectivity index (χ1) is 11.8. The molecule has 2 unspecified atom stereocenters. The van der Waals surface area contributed by atoms with E-state index >= 15 is 0 Å². The van der Waals surface area contributed by atoms with Crippen LogP contribution in [0, 0.1) is 0 Å². The molecule has 0 spiro atoms. The molecule has 1 aliphatic rings. The van der Waals surface area contributed by atoms with Crippen LogP contribution in [0.5, 0.6) is 11.5 Å². The minimum Gasteiger partial charge on any atom is -0.490 e. The number of aliphatic hydroxyl groups excluding tert-OH is 2. The summed E-state index contributed by atoms with van der Waals surface area (Å²) in [6, 6.07) is 15.2. The largest absolute Gasteiger partial charge is 0.490 e. The zero-order valence-corrected chi connectivity index (χ0v) is 13.7. The molecule has 2 N–H and O–H groups in total. The van der Waals surface area contributed by atoms with Gasteiger partial charge in [-0.2, -0.15) is 0 Å². The highest BCUT2D eigenvalue weighted by Gasteiger charge is 2.24. The minimum atomic E-state index is 0.0503. The third kappa shape index (κ3) is 4.49. The lowest BCUT2D eigenvalue weighted by molar-refractivity contribution is 0.0680. The van der Waals surface area contributed by atoms with Gasteiger partial charge in [-0.05, 0) is 54.7 Å². The average molecular weight is 328 g/mol. The number of hydrogen-bond acceptors (Lipinski definition) is 4. The maximum atomic E-state index is 9.09. The third-order valence-electron chi connectivity index (χ3n) is 4.40. The second-order valence-corrected chi connectivity index (χ2v) is 6.25. The molecule has 1 saturated carbocycles. The molecule has 2 aromatic rings. The van der Waals surface area contributed by atoms with Crippen molar-refractivity contribution in [2.24, 2.45) is 0 Å². The molecule has 1 aliphatic carbocycles. The van der Waals surface area contributed by atoms with Gasteiger partial charge in [0.2, 0.25) is 0 Å². The van der Waals surface area contributed by atoms with Crippen molar-refractivity contribution in [3.8, 4) is 11.5 Å². The Morgan fingerprint density at radius 1 is 0.708 bits per heavy atom. The van der Waals surface area contributed by atoms with Gasteiger partial charge >= 0.3 is 0 Å². The Bertz CT molecular complexity index is 566. The first-order valence-electron chi connectivity index (χ1n) is 8.49. The summed E-state index contributed by atoms with van der Waals surface area (Å²) in [6.45, 7) is 0.101. The number of rotatable bonds is 6. The van der Waals surface area contributed by atoms with Crippen molar-refractivity contribution in [2.75, 3.05) is 0 Å². The van der Waals surface area contributed by atoms with Crippen LogP contribution in [0.1, 0.15) is 36.8 Å². The van der Waals surface area contributed by atoms with Crippen LogP contribution in [-0.2, 0) is 13.2 Å². The van der Waals surface area contributed by atoms with Gasteiger partial charge in [-0.25, -0.2) is 0 Å². The van der Waals surface area contributed by atoms with Crippen LogP contribution >= 0.6 is 0 Å². The van der Waals surface area contributed by atoms with Gasteiger partial charge in [0, 0.05) is 6.42 Å². The maximum absolute atomic E-state index is 9.09. The third-order valence-corrected chi connectivity index (χ3v) is 4.40. The molecule has 0 radical (unpaired) electrons. The van der Waals surface area contributed by atoms with Crippen molar-refractivity contribution < 1.29 is 19.7 Å². The Kier molecular flexibility index (Phi) is 5.72. The predicted molar refractivity (Wildman–Crippen MR) is 92.0 cm³/mol. The van der Waals surface area contributed by atoms with Gasteiger partial charge in [-0.1, -0.05) is 24.3 Å². The monoisotopic (exact) mass is 328 g/mol. The first kappa shape index (κ1) is 16.8. The molecule has 0 bridgehead atoms. The Hall–Kier alpha value is -2.04. The summed E-state index contributed by atoms with van der Waals surface area (Å²) in [5, 5.41) is 18.2. The van der Waals surface area contributed by atoms with Gasteiger partial charge in [-0.15, -0.1) is 0 Å². The highest BCUT2D eigenvalue weighted by molar-refractivity contribution is 5.28. The Labute approximate surface area is 142 Å².